The molecule has 0 spiro atoms. The van der Waals surface area contributed by atoms with Gasteiger partial charge in [-0.25, -0.2) is 0 Å². The van der Waals surface area contributed by atoms with E-state index in [9.17, 15) is 4.79 Å². The lowest BCUT2D eigenvalue weighted by Crippen LogP contribution is -2.39. The molecule has 3 heteroatoms. The predicted molar refractivity (Wildman–Crippen MR) is 74.2 cm³/mol. The Morgan fingerprint density at radius 1 is 1.35 bits per heavy atom. The van der Waals surface area contributed by atoms with Gasteiger partial charge in [0.2, 0.25) is 0 Å². The van der Waals surface area contributed by atoms with E-state index in [1.165, 1.54) is 0 Å². The summed E-state index contributed by atoms with van der Waals surface area (Å²) in [5.74, 6) is 1.23. The highest BCUT2D eigenvalue weighted by molar-refractivity contribution is 6.93. The number of hydrogen-bond donors (Lipinski definition) is 0. The molecule has 0 bridgehead atoms. The van der Waals surface area contributed by atoms with Crippen LogP contribution >= 0.6 is 0 Å². The molecule has 2 nitrogen and oxygen atoms in total. The van der Waals surface area contributed by atoms with Gasteiger partial charge in [0.05, 0.1) is 11.1 Å². The van der Waals surface area contributed by atoms with Crippen LogP contribution in [0.5, 0.6) is 0 Å². The van der Waals surface area contributed by atoms with Gasteiger partial charge in [0.1, 0.15) is 8.07 Å². The molecule has 0 aliphatic rings. The summed E-state index contributed by atoms with van der Waals surface area (Å²) >= 11 is 0. The minimum atomic E-state index is -1.78. The van der Waals surface area contributed by atoms with Crippen LogP contribution < -0.4 is 5.38 Å². The van der Waals surface area contributed by atoms with Crippen molar-refractivity contribution >= 4 is 19.2 Å². The van der Waals surface area contributed by atoms with E-state index in [0.29, 0.717) is 0 Å². The fourth-order valence-corrected chi connectivity index (χ4v) is 4.22. The number of rotatable bonds is 4. The Labute approximate surface area is 105 Å². The normalized spacial score (nSPS) is 13.2. The Hall–Kier alpha value is -1.09. The Kier molecular flexibility index (Phi) is 4.15. The zero-order chi connectivity index (χ0) is 13.2. The number of ketones is 1. The molecule has 0 aromatic carbocycles. The molecule has 1 aromatic rings. The first kappa shape index (κ1) is 14.0. The van der Waals surface area contributed by atoms with Gasteiger partial charge in [-0.2, -0.15) is 0 Å². The lowest BCUT2D eigenvalue weighted by Gasteiger charge is -2.16. The summed E-state index contributed by atoms with van der Waals surface area (Å²) in [7, 11) is -1.78. The van der Waals surface area contributed by atoms with Gasteiger partial charge >= 0.3 is 0 Å². The molecule has 0 aliphatic carbocycles. The molecule has 0 saturated heterocycles. The van der Waals surface area contributed by atoms with E-state index < -0.39 is 8.07 Å². The number of carbonyl (C=O) groups is 1. The molecule has 0 unspecified atom stereocenters. The van der Waals surface area contributed by atoms with Gasteiger partial charge in [-0.15, -0.1) is 0 Å². The first-order valence-corrected chi connectivity index (χ1v) is 9.12. The fourth-order valence-electron chi connectivity index (χ4n) is 1.92. The smallest absolute Gasteiger partial charge is 0.160 e. The maximum atomic E-state index is 11.9. The van der Waals surface area contributed by atoms with Crippen molar-refractivity contribution < 1.29 is 9.21 Å². The molecule has 17 heavy (non-hydrogen) atoms. The highest BCUT2D eigenvalue weighted by atomic mass is 28.3. The van der Waals surface area contributed by atoms with Crippen molar-refractivity contribution in [3.8, 4) is 0 Å². The number of carbonyl (C=O) groups excluding carboxylic acids is 1. The lowest BCUT2D eigenvalue weighted by atomic mass is 10.0. The van der Waals surface area contributed by atoms with Crippen molar-refractivity contribution in [2.24, 2.45) is 5.92 Å². The third kappa shape index (κ3) is 3.43. The molecule has 1 aromatic heterocycles. The Balaban J connectivity index is 3.00. The van der Waals surface area contributed by atoms with Gasteiger partial charge in [-0.05, 0) is 31.6 Å². The lowest BCUT2D eigenvalue weighted by molar-refractivity contribution is -0.118. The van der Waals surface area contributed by atoms with Crippen molar-refractivity contribution in [2.45, 2.75) is 40.8 Å². The van der Waals surface area contributed by atoms with Crippen LogP contribution in [0.15, 0.2) is 27.8 Å². The summed E-state index contributed by atoms with van der Waals surface area (Å²) in [5, 5.41) is 1.03. The summed E-state index contributed by atoms with van der Waals surface area (Å²) in [6.45, 7) is 12.1. The van der Waals surface area contributed by atoms with Crippen LogP contribution in [0.1, 0.15) is 26.5 Å². The van der Waals surface area contributed by atoms with Gasteiger partial charge < -0.3 is 4.42 Å². The van der Waals surface area contributed by atoms with Crippen LogP contribution in [0, 0.1) is 12.8 Å². The van der Waals surface area contributed by atoms with Crippen molar-refractivity contribution in [3.05, 3.63) is 29.2 Å². The molecule has 0 saturated carbocycles. The first-order valence-electron chi connectivity index (χ1n) is 6.04. The van der Waals surface area contributed by atoms with E-state index in [4.69, 9.17) is 4.42 Å². The number of furan rings is 1. The first-order chi connectivity index (χ1) is 7.74. The summed E-state index contributed by atoms with van der Waals surface area (Å²) in [4.78, 5) is 11.9. The minimum absolute atomic E-state index is 0.0642. The number of Topliss-reactive ketones (excluding diaryl/α,β-unsaturated/α-hetero) is 1. The molecular formula is C14H22O2Si. The van der Waals surface area contributed by atoms with Gasteiger partial charge in [-0.3, -0.25) is 4.79 Å². The van der Waals surface area contributed by atoms with E-state index in [1.54, 1.807) is 0 Å². The van der Waals surface area contributed by atoms with E-state index in [-0.39, 0.29) is 11.7 Å². The van der Waals surface area contributed by atoms with Crippen molar-refractivity contribution in [1.82, 2.24) is 0 Å². The molecule has 0 atom stereocenters. The third-order valence-electron chi connectivity index (χ3n) is 2.87. The van der Waals surface area contributed by atoms with E-state index in [2.05, 4.69) is 18.8 Å². The van der Waals surface area contributed by atoms with Gasteiger partial charge in [-0.1, -0.05) is 32.6 Å². The van der Waals surface area contributed by atoms with Crippen LogP contribution in [-0.4, -0.2) is 13.9 Å². The molecule has 0 amide bonds. The SMILES string of the molecule is C/C(=C/[Si](C)(C)c1ccc(C)o1)C(=O)C(C)C. The Morgan fingerprint density at radius 2 is 1.94 bits per heavy atom. The summed E-state index contributed by atoms with van der Waals surface area (Å²) in [6, 6.07) is 4.02. The standard InChI is InChI=1S/C14H22O2Si/c1-10(2)14(15)11(3)9-17(5,6)13-8-7-12(4)16-13/h7-10H,1-6H3/b11-9-. The second kappa shape index (κ2) is 5.04. The third-order valence-corrected chi connectivity index (χ3v) is 5.56. The van der Waals surface area contributed by atoms with Crippen LogP contribution in [0.25, 0.3) is 0 Å². The minimum Gasteiger partial charge on any atom is -0.471 e. The molecule has 1 heterocycles. The topological polar surface area (TPSA) is 30.2 Å². The number of allylic oxidation sites excluding steroid dienone is 1. The van der Waals surface area contributed by atoms with Gasteiger partial charge in [0.25, 0.3) is 0 Å². The van der Waals surface area contributed by atoms with E-state index in [1.807, 2.05) is 39.8 Å². The molecule has 94 valence electrons. The van der Waals surface area contributed by atoms with E-state index >= 15 is 0 Å². The average molecular weight is 250 g/mol. The maximum Gasteiger partial charge on any atom is 0.160 e. The fraction of sp³-hybridized carbons (Fsp3) is 0.500. The molecule has 0 N–H and O–H groups in total. The molecular weight excluding hydrogens is 228 g/mol. The second-order valence-electron chi connectivity index (χ2n) is 5.48. The van der Waals surface area contributed by atoms with Crippen LogP contribution in [-0.2, 0) is 4.79 Å². The second-order valence-corrected chi connectivity index (χ2v) is 9.70. The molecule has 1 rings (SSSR count). The summed E-state index contributed by atoms with van der Waals surface area (Å²) in [6.07, 6.45) is 0. The van der Waals surface area contributed by atoms with Gasteiger partial charge in [0, 0.05) is 5.92 Å². The molecule has 0 aliphatic heterocycles. The largest absolute Gasteiger partial charge is 0.471 e. The average Bonchev–Trinajstić information content (AvgIpc) is 2.63. The van der Waals surface area contributed by atoms with E-state index in [0.717, 1.165) is 16.7 Å². The molecule has 0 radical (unpaired) electrons. The zero-order valence-corrected chi connectivity index (χ0v) is 12.6. The van der Waals surface area contributed by atoms with Crippen LogP contribution in [0.3, 0.4) is 0 Å². The van der Waals surface area contributed by atoms with Gasteiger partial charge in [0.15, 0.2) is 5.78 Å². The molecule has 0 fully saturated rings. The quantitative estimate of drug-likeness (QED) is 0.607. The summed E-state index contributed by atoms with van der Waals surface area (Å²) < 4.78 is 5.70. The highest BCUT2D eigenvalue weighted by Crippen LogP contribution is 2.13. The monoisotopic (exact) mass is 250 g/mol. The summed E-state index contributed by atoms with van der Waals surface area (Å²) in [5.41, 5.74) is 3.00. The predicted octanol–water partition coefficient (Wildman–Crippen LogP) is 3.21. The Morgan fingerprint density at radius 3 is 2.35 bits per heavy atom. The number of hydrogen-bond acceptors (Lipinski definition) is 2. The Bertz CT molecular complexity index is 439. The van der Waals surface area contributed by atoms with Crippen LogP contribution in [0.2, 0.25) is 13.1 Å². The van der Waals surface area contributed by atoms with Crippen molar-refractivity contribution in [2.75, 3.05) is 0 Å². The van der Waals surface area contributed by atoms with Crippen molar-refractivity contribution in [3.63, 3.8) is 0 Å². The zero-order valence-electron chi connectivity index (χ0n) is 11.6. The maximum absolute atomic E-state index is 11.9. The van der Waals surface area contributed by atoms with Crippen LogP contribution in [0.4, 0.5) is 0 Å². The highest BCUT2D eigenvalue weighted by Gasteiger charge is 2.26. The van der Waals surface area contributed by atoms with Crippen molar-refractivity contribution in [1.29, 1.82) is 0 Å². The number of aryl methyl sites for hydroxylation is 1.